The highest BCUT2D eigenvalue weighted by atomic mass is 16.1. The van der Waals surface area contributed by atoms with Gasteiger partial charge in [-0.1, -0.05) is 12.1 Å². The minimum absolute atomic E-state index is 0.405. The summed E-state index contributed by atoms with van der Waals surface area (Å²) in [6.07, 6.45) is 1.95. The molecule has 3 aromatic rings. The number of benzene rings is 1. The van der Waals surface area contributed by atoms with Crippen molar-refractivity contribution in [2.45, 2.75) is 32.6 Å². The fourth-order valence-electron chi connectivity index (χ4n) is 3.99. The van der Waals surface area contributed by atoms with Crippen LogP contribution < -0.4 is 10.6 Å². The number of pyridine rings is 1. The lowest BCUT2D eigenvalue weighted by atomic mass is 9.95. The molecule has 6 heteroatoms. The molecule has 0 radical (unpaired) electrons. The number of fused-ring (bicyclic) bond motifs is 1. The molecule has 0 atom stereocenters. The van der Waals surface area contributed by atoms with Crippen molar-refractivity contribution in [3.63, 3.8) is 0 Å². The zero-order valence-corrected chi connectivity index (χ0v) is 16.1. The molecule has 6 nitrogen and oxygen atoms in total. The molecule has 0 unspecified atom stereocenters. The smallest absolute Gasteiger partial charge is 0.252 e. The summed E-state index contributed by atoms with van der Waals surface area (Å²) in [6, 6.07) is 10.1. The molecule has 1 fully saturated rings. The Balaban J connectivity index is 1.58. The van der Waals surface area contributed by atoms with Crippen molar-refractivity contribution in [1.29, 1.82) is 0 Å². The molecule has 1 aromatic carbocycles. The van der Waals surface area contributed by atoms with Gasteiger partial charge in [0.2, 0.25) is 0 Å². The van der Waals surface area contributed by atoms with Gasteiger partial charge in [0.15, 0.2) is 0 Å². The number of aryl methyl sites for hydroxylation is 3. The second-order valence-corrected chi connectivity index (χ2v) is 7.41. The number of aromatic nitrogens is 3. The number of primary amides is 1. The first-order chi connectivity index (χ1) is 13.0. The minimum atomic E-state index is -0.418. The Hall–Kier alpha value is -2.89. The Labute approximate surface area is 159 Å². The lowest BCUT2D eigenvalue weighted by Gasteiger charge is -2.33. The molecular formula is C21H25N5O. The molecule has 4 rings (SSSR count). The quantitative estimate of drug-likeness (QED) is 0.776. The second kappa shape index (κ2) is 6.68. The average molecular weight is 363 g/mol. The highest BCUT2D eigenvalue weighted by molar-refractivity contribution is 5.98. The fraction of sp³-hybridized carbons (Fsp3) is 0.381. The van der Waals surface area contributed by atoms with E-state index in [2.05, 4.69) is 33.6 Å². The van der Waals surface area contributed by atoms with Gasteiger partial charge in [-0.2, -0.15) is 0 Å². The van der Waals surface area contributed by atoms with E-state index in [0.29, 0.717) is 17.3 Å². The highest BCUT2D eigenvalue weighted by Gasteiger charge is 2.27. The molecule has 0 saturated carbocycles. The summed E-state index contributed by atoms with van der Waals surface area (Å²) >= 11 is 0. The van der Waals surface area contributed by atoms with E-state index in [1.165, 1.54) is 5.52 Å². The predicted octanol–water partition coefficient (Wildman–Crippen LogP) is 3.07. The molecule has 2 N–H and O–H groups in total. The molecule has 1 saturated heterocycles. The molecule has 0 spiro atoms. The number of carbonyl (C=O) groups excluding carboxylic acids is 1. The van der Waals surface area contributed by atoms with Crippen molar-refractivity contribution < 1.29 is 4.79 Å². The largest absolute Gasteiger partial charge is 0.365 e. The van der Waals surface area contributed by atoms with E-state index >= 15 is 0 Å². The van der Waals surface area contributed by atoms with Gasteiger partial charge < -0.3 is 15.2 Å². The van der Waals surface area contributed by atoms with Gasteiger partial charge in [0.05, 0.1) is 16.6 Å². The minimum Gasteiger partial charge on any atom is -0.365 e. The highest BCUT2D eigenvalue weighted by Crippen LogP contribution is 2.32. The van der Waals surface area contributed by atoms with E-state index in [1.807, 2.05) is 32.0 Å². The zero-order valence-electron chi connectivity index (χ0n) is 16.1. The molecular weight excluding hydrogens is 338 g/mol. The number of rotatable bonds is 3. The number of anilines is 1. The third-order valence-corrected chi connectivity index (χ3v) is 5.69. The van der Waals surface area contributed by atoms with Crippen LogP contribution in [-0.4, -0.2) is 33.5 Å². The van der Waals surface area contributed by atoms with Crippen molar-refractivity contribution in [3.8, 4) is 0 Å². The van der Waals surface area contributed by atoms with Crippen LogP contribution in [0.3, 0.4) is 0 Å². The van der Waals surface area contributed by atoms with Crippen molar-refractivity contribution >= 4 is 22.8 Å². The maximum Gasteiger partial charge on any atom is 0.252 e. The summed E-state index contributed by atoms with van der Waals surface area (Å²) in [5.41, 5.74) is 10.3. The molecule has 2 aromatic heterocycles. The van der Waals surface area contributed by atoms with Gasteiger partial charge in [-0.05, 0) is 50.5 Å². The van der Waals surface area contributed by atoms with Crippen LogP contribution in [0.4, 0.5) is 5.82 Å². The van der Waals surface area contributed by atoms with E-state index in [4.69, 9.17) is 10.7 Å². The average Bonchev–Trinajstić information content (AvgIpc) is 3.01. The Morgan fingerprint density at radius 2 is 1.85 bits per heavy atom. The van der Waals surface area contributed by atoms with Crippen LogP contribution in [0.15, 0.2) is 30.3 Å². The van der Waals surface area contributed by atoms with Gasteiger partial charge in [0.25, 0.3) is 5.91 Å². The normalized spacial score (nSPS) is 15.4. The number of carbonyl (C=O) groups is 1. The Kier molecular flexibility index (Phi) is 4.34. The summed E-state index contributed by atoms with van der Waals surface area (Å²) in [4.78, 5) is 23.6. The maximum atomic E-state index is 11.9. The number of piperidine rings is 1. The molecule has 140 valence electrons. The van der Waals surface area contributed by atoms with E-state index in [1.54, 1.807) is 0 Å². The number of hydrogen-bond donors (Lipinski definition) is 1. The van der Waals surface area contributed by atoms with Gasteiger partial charge in [0.1, 0.15) is 11.6 Å². The standard InChI is InChI=1S/C21H25N5O/c1-13-12-16(19(22)27)21(23-14(13)2)26-10-8-15(9-11-26)20-24-17-6-4-5-7-18(17)25(20)3/h4-7,12,15H,8-11H2,1-3H3,(H2,22,27). The van der Waals surface area contributed by atoms with Gasteiger partial charge in [-0.25, -0.2) is 9.97 Å². The van der Waals surface area contributed by atoms with Crippen molar-refractivity contribution in [2.24, 2.45) is 12.8 Å². The van der Waals surface area contributed by atoms with Gasteiger partial charge in [-0.3, -0.25) is 4.79 Å². The zero-order chi connectivity index (χ0) is 19.1. The van der Waals surface area contributed by atoms with Gasteiger partial charge >= 0.3 is 0 Å². The number of imidazole rings is 1. The number of para-hydroxylation sites is 2. The van der Waals surface area contributed by atoms with Crippen molar-refractivity contribution in [2.75, 3.05) is 18.0 Å². The van der Waals surface area contributed by atoms with Crippen LogP contribution in [-0.2, 0) is 7.05 Å². The van der Waals surface area contributed by atoms with Gasteiger partial charge in [0, 0.05) is 31.7 Å². The van der Waals surface area contributed by atoms with Crippen LogP contribution in [0, 0.1) is 13.8 Å². The lowest BCUT2D eigenvalue weighted by Crippen LogP contribution is -2.36. The van der Waals surface area contributed by atoms with Crippen LogP contribution in [0.1, 0.15) is 46.2 Å². The topological polar surface area (TPSA) is 77.0 Å². The molecule has 0 aliphatic carbocycles. The Morgan fingerprint density at radius 3 is 2.52 bits per heavy atom. The second-order valence-electron chi connectivity index (χ2n) is 7.41. The predicted molar refractivity (Wildman–Crippen MR) is 107 cm³/mol. The number of nitrogens with two attached hydrogens (primary N) is 1. The summed E-state index contributed by atoms with van der Waals surface area (Å²) < 4.78 is 2.21. The molecule has 1 aliphatic rings. The summed E-state index contributed by atoms with van der Waals surface area (Å²) in [6.45, 7) is 5.60. The third-order valence-electron chi connectivity index (χ3n) is 5.69. The van der Waals surface area contributed by atoms with Crippen LogP contribution in [0.5, 0.6) is 0 Å². The third kappa shape index (κ3) is 3.05. The summed E-state index contributed by atoms with van der Waals surface area (Å²) in [7, 11) is 2.09. The van der Waals surface area contributed by atoms with E-state index in [-0.39, 0.29) is 0 Å². The Bertz CT molecular complexity index is 1010. The maximum absolute atomic E-state index is 11.9. The van der Waals surface area contributed by atoms with Crippen LogP contribution in [0.25, 0.3) is 11.0 Å². The molecule has 3 heterocycles. The summed E-state index contributed by atoms with van der Waals surface area (Å²) in [5, 5.41) is 0. The summed E-state index contributed by atoms with van der Waals surface area (Å²) in [5.74, 6) is 1.84. The number of hydrogen-bond acceptors (Lipinski definition) is 4. The first kappa shape index (κ1) is 17.5. The van der Waals surface area contributed by atoms with Crippen LogP contribution >= 0.6 is 0 Å². The first-order valence-corrected chi connectivity index (χ1v) is 9.40. The van der Waals surface area contributed by atoms with Gasteiger partial charge in [-0.15, -0.1) is 0 Å². The van der Waals surface area contributed by atoms with Crippen LogP contribution in [0.2, 0.25) is 0 Å². The Morgan fingerprint density at radius 1 is 1.15 bits per heavy atom. The molecule has 27 heavy (non-hydrogen) atoms. The molecule has 1 aliphatic heterocycles. The van der Waals surface area contributed by atoms with E-state index in [0.717, 1.165) is 48.5 Å². The first-order valence-electron chi connectivity index (χ1n) is 9.40. The number of amides is 1. The van der Waals surface area contributed by atoms with E-state index in [9.17, 15) is 4.79 Å². The lowest BCUT2D eigenvalue weighted by molar-refractivity contribution is 0.1000. The molecule has 1 amide bonds. The SMILES string of the molecule is Cc1cc(C(N)=O)c(N2CCC(c3nc4ccccc4n3C)CC2)nc1C. The van der Waals surface area contributed by atoms with Crippen molar-refractivity contribution in [1.82, 2.24) is 14.5 Å². The van der Waals surface area contributed by atoms with E-state index < -0.39 is 5.91 Å². The molecule has 0 bridgehead atoms. The van der Waals surface area contributed by atoms with Crippen molar-refractivity contribution in [3.05, 3.63) is 53.0 Å². The fourth-order valence-corrected chi connectivity index (χ4v) is 3.99. The monoisotopic (exact) mass is 363 g/mol. The number of nitrogens with zero attached hydrogens (tertiary/aromatic N) is 4.